The number of allylic oxidation sites excluding steroid dienone is 1. The second kappa shape index (κ2) is 5.36. The molecule has 1 aliphatic rings. The Bertz CT molecular complexity index is 134. The van der Waals surface area contributed by atoms with Gasteiger partial charge in [0.25, 0.3) is 0 Å². The van der Waals surface area contributed by atoms with Gasteiger partial charge in [-0.2, -0.15) is 0 Å². The second-order valence-corrected chi connectivity index (χ2v) is 3.63. The summed E-state index contributed by atoms with van der Waals surface area (Å²) in [5.41, 5.74) is 0. The third kappa shape index (κ3) is 3.40. The zero-order valence-electron chi connectivity index (χ0n) is 8.25. The molecule has 1 aliphatic carbocycles. The van der Waals surface area contributed by atoms with Crippen molar-refractivity contribution in [2.24, 2.45) is 0 Å². The third-order valence-corrected chi connectivity index (χ3v) is 2.42. The van der Waals surface area contributed by atoms with E-state index in [2.05, 4.69) is 19.1 Å². The number of rotatable bonds is 3. The molecule has 0 spiro atoms. The highest BCUT2D eigenvalue weighted by atomic mass is 16.5. The van der Waals surface area contributed by atoms with Crippen LogP contribution < -0.4 is 0 Å². The summed E-state index contributed by atoms with van der Waals surface area (Å²) in [4.78, 5) is 0. The number of ether oxygens (including phenoxy) is 1. The summed E-state index contributed by atoms with van der Waals surface area (Å²) >= 11 is 0. The van der Waals surface area contributed by atoms with Crippen LogP contribution in [0.15, 0.2) is 12.2 Å². The predicted molar refractivity (Wildman–Crippen MR) is 52.2 cm³/mol. The standard InChI is InChI=1S/C11H20O/c1-3-7-10(2)12-11-8-5-4-6-9-11/h3,7,10-11H,4-6,8-9H2,1-2H3. The molecule has 1 saturated carbocycles. The van der Waals surface area contributed by atoms with Gasteiger partial charge in [-0.05, 0) is 26.7 Å². The molecule has 0 aromatic heterocycles. The van der Waals surface area contributed by atoms with E-state index in [0.29, 0.717) is 12.2 Å². The Labute approximate surface area is 75.8 Å². The highest BCUT2D eigenvalue weighted by Gasteiger charge is 2.14. The molecule has 0 heterocycles. The molecule has 1 fully saturated rings. The van der Waals surface area contributed by atoms with E-state index in [1.54, 1.807) is 0 Å². The first kappa shape index (κ1) is 9.79. The maximum Gasteiger partial charge on any atom is 0.0731 e. The maximum absolute atomic E-state index is 5.84. The summed E-state index contributed by atoms with van der Waals surface area (Å²) in [7, 11) is 0. The largest absolute Gasteiger partial charge is 0.371 e. The molecule has 1 atom stereocenters. The lowest BCUT2D eigenvalue weighted by Gasteiger charge is -2.24. The Morgan fingerprint density at radius 2 is 1.92 bits per heavy atom. The van der Waals surface area contributed by atoms with Crippen molar-refractivity contribution in [3.8, 4) is 0 Å². The Kier molecular flexibility index (Phi) is 4.37. The zero-order valence-corrected chi connectivity index (χ0v) is 8.25. The van der Waals surface area contributed by atoms with Crippen LogP contribution in [0.3, 0.4) is 0 Å². The van der Waals surface area contributed by atoms with Gasteiger partial charge in [-0.15, -0.1) is 0 Å². The van der Waals surface area contributed by atoms with Crippen molar-refractivity contribution in [1.82, 2.24) is 0 Å². The highest BCUT2D eigenvalue weighted by Crippen LogP contribution is 2.21. The molecule has 1 unspecified atom stereocenters. The smallest absolute Gasteiger partial charge is 0.0731 e. The van der Waals surface area contributed by atoms with Gasteiger partial charge in [0.1, 0.15) is 0 Å². The van der Waals surface area contributed by atoms with E-state index in [1.807, 2.05) is 6.92 Å². The van der Waals surface area contributed by atoms with Crippen LogP contribution >= 0.6 is 0 Å². The average molecular weight is 168 g/mol. The predicted octanol–water partition coefficient (Wildman–Crippen LogP) is 3.30. The maximum atomic E-state index is 5.84. The normalized spacial score (nSPS) is 23.2. The Balaban J connectivity index is 2.19. The zero-order chi connectivity index (χ0) is 8.81. The molecule has 12 heavy (non-hydrogen) atoms. The van der Waals surface area contributed by atoms with Crippen molar-refractivity contribution in [1.29, 1.82) is 0 Å². The van der Waals surface area contributed by atoms with Crippen molar-refractivity contribution >= 4 is 0 Å². The first-order valence-electron chi connectivity index (χ1n) is 5.11. The molecule has 0 aromatic rings. The molecule has 1 heteroatoms. The highest BCUT2D eigenvalue weighted by molar-refractivity contribution is 4.84. The molecule has 0 amide bonds. The van der Waals surface area contributed by atoms with Crippen molar-refractivity contribution < 1.29 is 4.74 Å². The number of hydrogen-bond acceptors (Lipinski definition) is 1. The fourth-order valence-corrected chi connectivity index (χ4v) is 1.82. The van der Waals surface area contributed by atoms with Gasteiger partial charge in [0.2, 0.25) is 0 Å². The van der Waals surface area contributed by atoms with Crippen LogP contribution in [0.1, 0.15) is 46.0 Å². The van der Waals surface area contributed by atoms with Crippen LogP contribution in [0.5, 0.6) is 0 Å². The third-order valence-electron chi connectivity index (χ3n) is 2.42. The molecule has 0 aliphatic heterocycles. The molecular weight excluding hydrogens is 148 g/mol. The van der Waals surface area contributed by atoms with Crippen molar-refractivity contribution in [2.45, 2.75) is 58.2 Å². The summed E-state index contributed by atoms with van der Waals surface area (Å²) < 4.78 is 5.84. The van der Waals surface area contributed by atoms with Crippen LogP contribution in [-0.2, 0) is 4.74 Å². The van der Waals surface area contributed by atoms with Gasteiger partial charge >= 0.3 is 0 Å². The van der Waals surface area contributed by atoms with Crippen LogP contribution in [0.4, 0.5) is 0 Å². The summed E-state index contributed by atoms with van der Waals surface area (Å²) in [5.74, 6) is 0. The lowest BCUT2D eigenvalue weighted by Crippen LogP contribution is -2.21. The molecule has 70 valence electrons. The molecule has 0 aromatic carbocycles. The molecule has 1 rings (SSSR count). The van der Waals surface area contributed by atoms with E-state index in [0.717, 1.165) is 0 Å². The fourth-order valence-electron chi connectivity index (χ4n) is 1.82. The van der Waals surface area contributed by atoms with Gasteiger partial charge in [0.05, 0.1) is 12.2 Å². The minimum Gasteiger partial charge on any atom is -0.371 e. The van der Waals surface area contributed by atoms with E-state index < -0.39 is 0 Å². The Morgan fingerprint density at radius 3 is 2.50 bits per heavy atom. The van der Waals surface area contributed by atoms with E-state index in [1.165, 1.54) is 32.1 Å². The van der Waals surface area contributed by atoms with E-state index in [-0.39, 0.29) is 0 Å². The van der Waals surface area contributed by atoms with E-state index >= 15 is 0 Å². The molecule has 0 bridgehead atoms. The van der Waals surface area contributed by atoms with Crippen LogP contribution in [0.25, 0.3) is 0 Å². The lowest BCUT2D eigenvalue weighted by atomic mass is 9.98. The molecule has 1 nitrogen and oxygen atoms in total. The number of hydrogen-bond donors (Lipinski definition) is 0. The van der Waals surface area contributed by atoms with Gasteiger partial charge in [0.15, 0.2) is 0 Å². The Morgan fingerprint density at radius 1 is 1.25 bits per heavy atom. The van der Waals surface area contributed by atoms with Crippen LogP contribution in [0.2, 0.25) is 0 Å². The molecule has 0 saturated heterocycles. The monoisotopic (exact) mass is 168 g/mol. The quantitative estimate of drug-likeness (QED) is 0.587. The minimum atomic E-state index is 0.304. The van der Waals surface area contributed by atoms with Crippen molar-refractivity contribution in [2.75, 3.05) is 0 Å². The lowest BCUT2D eigenvalue weighted by molar-refractivity contribution is 0.00131. The first-order valence-corrected chi connectivity index (χ1v) is 5.11. The Hall–Kier alpha value is -0.300. The minimum absolute atomic E-state index is 0.304. The molecule has 0 radical (unpaired) electrons. The second-order valence-electron chi connectivity index (χ2n) is 3.63. The van der Waals surface area contributed by atoms with E-state index in [9.17, 15) is 0 Å². The summed E-state index contributed by atoms with van der Waals surface area (Å²) in [6, 6.07) is 0. The van der Waals surface area contributed by atoms with Crippen LogP contribution in [0, 0.1) is 0 Å². The van der Waals surface area contributed by atoms with Gasteiger partial charge in [-0.1, -0.05) is 31.4 Å². The summed E-state index contributed by atoms with van der Waals surface area (Å²) in [6.45, 7) is 4.16. The van der Waals surface area contributed by atoms with E-state index in [4.69, 9.17) is 4.74 Å². The van der Waals surface area contributed by atoms with Gasteiger partial charge < -0.3 is 4.74 Å². The van der Waals surface area contributed by atoms with Gasteiger partial charge in [0, 0.05) is 0 Å². The van der Waals surface area contributed by atoms with Crippen LogP contribution in [-0.4, -0.2) is 12.2 Å². The first-order chi connectivity index (χ1) is 5.83. The van der Waals surface area contributed by atoms with Crippen molar-refractivity contribution in [3.63, 3.8) is 0 Å². The summed E-state index contributed by atoms with van der Waals surface area (Å²) in [5, 5.41) is 0. The SMILES string of the molecule is CC=CC(C)OC1CCCCC1. The molecule has 0 N–H and O–H groups in total. The fraction of sp³-hybridized carbons (Fsp3) is 0.818. The topological polar surface area (TPSA) is 9.23 Å². The van der Waals surface area contributed by atoms with Gasteiger partial charge in [-0.3, -0.25) is 0 Å². The van der Waals surface area contributed by atoms with Gasteiger partial charge in [-0.25, -0.2) is 0 Å². The average Bonchev–Trinajstić information content (AvgIpc) is 2.06. The summed E-state index contributed by atoms with van der Waals surface area (Å²) in [6.07, 6.45) is 11.7. The molecular formula is C11H20O. The van der Waals surface area contributed by atoms with Crippen molar-refractivity contribution in [3.05, 3.63) is 12.2 Å².